The molecule has 8 heteroatoms. The zero-order valence-electron chi connectivity index (χ0n) is 15.7. The predicted molar refractivity (Wildman–Crippen MR) is 106 cm³/mol. The summed E-state index contributed by atoms with van der Waals surface area (Å²) in [6, 6.07) is 5.51. The topological polar surface area (TPSA) is 84.2 Å². The Bertz CT molecular complexity index is 1010. The van der Waals surface area contributed by atoms with E-state index in [9.17, 15) is 14.0 Å². The summed E-state index contributed by atoms with van der Waals surface area (Å²) in [5.41, 5.74) is 1.36. The molecule has 6 nitrogen and oxygen atoms in total. The van der Waals surface area contributed by atoms with Gasteiger partial charge in [0, 0.05) is 17.0 Å². The van der Waals surface area contributed by atoms with E-state index < -0.39 is 11.7 Å². The number of carbonyl (C=O) groups excluding carboxylic acids is 2. The van der Waals surface area contributed by atoms with Gasteiger partial charge in [0.15, 0.2) is 0 Å². The minimum atomic E-state index is -0.603. The number of benzene rings is 1. The van der Waals surface area contributed by atoms with E-state index >= 15 is 0 Å². The molecule has 0 bridgehead atoms. The molecule has 0 unspecified atom stereocenters. The summed E-state index contributed by atoms with van der Waals surface area (Å²) >= 11 is 1.52. The SMILES string of the molecule is Cc1occc1C(=O)Nc1cc(NC(=O)Cc2csc(C(C)C)n2)ccc1F. The summed E-state index contributed by atoms with van der Waals surface area (Å²) < 4.78 is 19.2. The van der Waals surface area contributed by atoms with Gasteiger partial charge in [-0.3, -0.25) is 9.59 Å². The molecule has 1 aromatic carbocycles. The molecule has 0 spiro atoms. The number of carbonyl (C=O) groups is 2. The molecule has 146 valence electrons. The van der Waals surface area contributed by atoms with Crippen LogP contribution in [0.1, 0.15) is 46.6 Å². The predicted octanol–water partition coefficient (Wildman–Crippen LogP) is 4.74. The molecule has 0 fully saturated rings. The Morgan fingerprint density at radius 3 is 2.68 bits per heavy atom. The van der Waals surface area contributed by atoms with Crippen molar-refractivity contribution in [1.82, 2.24) is 4.98 Å². The Labute approximate surface area is 165 Å². The highest BCUT2D eigenvalue weighted by Crippen LogP contribution is 2.22. The molecule has 3 aromatic rings. The maximum Gasteiger partial charge on any atom is 0.259 e. The van der Waals surface area contributed by atoms with Crippen LogP contribution in [0.5, 0.6) is 0 Å². The number of nitrogens with one attached hydrogen (secondary N) is 2. The van der Waals surface area contributed by atoms with Crippen LogP contribution in [-0.2, 0) is 11.2 Å². The third kappa shape index (κ3) is 4.64. The fourth-order valence-corrected chi connectivity index (χ4v) is 3.38. The summed E-state index contributed by atoms with van der Waals surface area (Å²) in [6.07, 6.45) is 1.51. The first kappa shape index (κ1) is 19.8. The standard InChI is InChI=1S/C20H20FN3O3S/c1-11(2)20-23-14(10-28-20)9-18(25)22-13-4-5-16(21)17(8-13)24-19(26)15-6-7-27-12(15)3/h4-8,10-11H,9H2,1-3H3,(H,22,25)(H,24,26). The lowest BCUT2D eigenvalue weighted by Gasteiger charge is -2.09. The van der Waals surface area contributed by atoms with Crippen molar-refractivity contribution in [3.8, 4) is 0 Å². The Morgan fingerprint density at radius 2 is 2.04 bits per heavy atom. The molecule has 0 aliphatic heterocycles. The number of halogens is 1. The lowest BCUT2D eigenvalue weighted by molar-refractivity contribution is -0.115. The number of hydrogen-bond acceptors (Lipinski definition) is 5. The number of furan rings is 1. The fraction of sp³-hybridized carbons (Fsp3) is 0.250. The van der Waals surface area contributed by atoms with Gasteiger partial charge in [-0.25, -0.2) is 9.37 Å². The maximum atomic E-state index is 14.1. The lowest BCUT2D eigenvalue weighted by atomic mass is 10.2. The molecule has 0 aliphatic carbocycles. The highest BCUT2D eigenvalue weighted by Gasteiger charge is 2.15. The van der Waals surface area contributed by atoms with Gasteiger partial charge in [-0.2, -0.15) is 0 Å². The number of aromatic nitrogens is 1. The molecular weight excluding hydrogens is 381 g/mol. The number of thiazole rings is 1. The van der Waals surface area contributed by atoms with Gasteiger partial charge in [0.25, 0.3) is 5.91 Å². The van der Waals surface area contributed by atoms with Gasteiger partial charge >= 0.3 is 0 Å². The highest BCUT2D eigenvalue weighted by molar-refractivity contribution is 7.09. The normalized spacial score (nSPS) is 10.9. The van der Waals surface area contributed by atoms with Crippen LogP contribution >= 0.6 is 11.3 Å². The smallest absolute Gasteiger partial charge is 0.259 e. The van der Waals surface area contributed by atoms with E-state index in [2.05, 4.69) is 15.6 Å². The number of aryl methyl sites for hydroxylation is 1. The highest BCUT2D eigenvalue weighted by atomic mass is 32.1. The molecule has 0 radical (unpaired) electrons. The van der Waals surface area contributed by atoms with Crippen molar-refractivity contribution in [2.45, 2.75) is 33.1 Å². The summed E-state index contributed by atoms with van der Waals surface area (Å²) in [4.78, 5) is 28.9. The van der Waals surface area contributed by atoms with E-state index in [-0.39, 0.29) is 18.0 Å². The second-order valence-corrected chi connectivity index (χ2v) is 7.49. The van der Waals surface area contributed by atoms with Gasteiger partial charge in [-0.15, -0.1) is 11.3 Å². The van der Waals surface area contributed by atoms with Crippen LogP contribution in [0.25, 0.3) is 0 Å². The van der Waals surface area contributed by atoms with E-state index in [4.69, 9.17) is 4.42 Å². The number of anilines is 2. The largest absolute Gasteiger partial charge is 0.469 e. The van der Waals surface area contributed by atoms with Gasteiger partial charge in [0.05, 0.1) is 34.6 Å². The molecule has 2 N–H and O–H groups in total. The molecule has 0 atom stereocenters. The van der Waals surface area contributed by atoms with Gasteiger partial charge in [0.1, 0.15) is 11.6 Å². The first-order valence-electron chi connectivity index (χ1n) is 8.72. The Balaban J connectivity index is 1.67. The zero-order chi connectivity index (χ0) is 20.3. The van der Waals surface area contributed by atoms with Crippen molar-refractivity contribution >= 4 is 34.5 Å². The fourth-order valence-electron chi connectivity index (χ4n) is 2.55. The molecule has 2 aromatic heterocycles. The van der Waals surface area contributed by atoms with E-state index in [1.807, 2.05) is 19.2 Å². The van der Waals surface area contributed by atoms with Crippen LogP contribution in [0.2, 0.25) is 0 Å². The van der Waals surface area contributed by atoms with E-state index in [1.54, 1.807) is 6.92 Å². The summed E-state index contributed by atoms with van der Waals surface area (Å²) in [6.45, 7) is 5.73. The summed E-state index contributed by atoms with van der Waals surface area (Å²) in [5, 5.41) is 8.04. The average molecular weight is 401 g/mol. The molecule has 0 saturated heterocycles. The number of nitrogens with zero attached hydrogens (tertiary/aromatic N) is 1. The van der Waals surface area contributed by atoms with Crippen LogP contribution in [0.4, 0.5) is 15.8 Å². The van der Waals surface area contributed by atoms with E-state index in [0.717, 1.165) is 5.01 Å². The minimum Gasteiger partial charge on any atom is -0.469 e. The van der Waals surface area contributed by atoms with Gasteiger partial charge in [-0.05, 0) is 31.2 Å². The van der Waals surface area contributed by atoms with Crippen LogP contribution < -0.4 is 10.6 Å². The third-order valence-electron chi connectivity index (χ3n) is 4.01. The summed E-state index contributed by atoms with van der Waals surface area (Å²) in [5.74, 6) is -0.614. The van der Waals surface area contributed by atoms with Crippen molar-refractivity contribution in [2.75, 3.05) is 10.6 Å². The monoisotopic (exact) mass is 401 g/mol. The number of hydrogen-bond donors (Lipinski definition) is 2. The molecule has 0 saturated carbocycles. The van der Waals surface area contributed by atoms with Crippen LogP contribution in [0.15, 0.2) is 40.3 Å². The first-order chi connectivity index (χ1) is 13.3. The summed E-state index contributed by atoms with van der Waals surface area (Å²) in [7, 11) is 0. The van der Waals surface area contributed by atoms with Gasteiger partial charge in [0.2, 0.25) is 5.91 Å². The minimum absolute atomic E-state index is 0.0286. The van der Waals surface area contributed by atoms with Crippen LogP contribution in [0, 0.1) is 12.7 Å². The molecule has 28 heavy (non-hydrogen) atoms. The second kappa shape index (κ2) is 8.35. The van der Waals surface area contributed by atoms with Gasteiger partial charge in [-0.1, -0.05) is 13.8 Å². The molecule has 2 heterocycles. The molecule has 3 rings (SSSR count). The lowest BCUT2D eigenvalue weighted by Crippen LogP contribution is -2.16. The van der Waals surface area contributed by atoms with E-state index in [0.29, 0.717) is 28.6 Å². The van der Waals surface area contributed by atoms with Crippen molar-refractivity contribution in [3.63, 3.8) is 0 Å². The van der Waals surface area contributed by atoms with Crippen molar-refractivity contribution in [3.05, 3.63) is 63.8 Å². The van der Waals surface area contributed by atoms with Crippen LogP contribution in [0.3, 0.4) is 0 Å². The molecule has 0 aliphatic rings. The van der Waals surface area contributed by atoms with E-state index in [1.165, 1.54) is 41.9 Å². The molecule has 2 amide bonds. The quantitative estimate of drug-likeness (QED) is 0.625. The van der Waals surface area contributed by atoms with Crippen molar-refractivity contribution in [2.24, 2.45) is 0 Å². The molecular formula is C20H20FN3O3S. The first-order valence-corrected chi connectivity index (χ1v) is 9.60. The Kier molecular flexibility index (Phi) is 5.89. The van der Waals surface area contributed by atoms with Crippen molar-refractivity contribution < 1.29 is 18.4 Å². The van der Waals surface area contributed by atoms with Crippen LogP contribution in [-0.4, -0.2) is 16.8 Å². The van der Waals surface area contributed by atoms with Gasteiger partial charge < -0.3 is 15.1 Å². The van der Waals surface area contributed by atoms with Crippen molar-refractivity contribution in [1.29, 1.82) is 0 Å². The number of amides is 2. The third-order valence-corrected chi connectivity index (χ3v) is 5.20. The Hall–Kier alpha value is -3.00. The Morgan fingerprint density at radius 1 is 1.25 bits per heavy atom. The number of rotatable bonds is 6. The average Bonchev–Trinajstić information content (AvgIpc) is 3.26. The second-order valence-electron chi connectivity index (χ2n) is 6.60. The maximum absolute atomic E-state index is 14.1. The zero-order valence-corrected chi connectivity index (χ0v) is 16.5.